The van der Waals surface area contributed by atoms with Crippen molar-refractivity contribution in [3.05, 3.63) is 504 Å². The van der Waals surface area contributed by atoms with Gasteiger partial charge >= 0.3 is 0 Å². The van der Waals surface area contributed by atoms with Crippen molar-refractivity contribution in [2.75, 3.05) is 0 Å². The van der Waals surface area contributed by atoms with Gasteiger partial charge < -0.3 is 0 Å². The Kier molecular flexibility index (Phi) is 19.2. The van der Waals surface area contributed by atoms with Crippen LogP contribution in [0.25, 0.3) is 248 Å². The minimum atomic E-state index is -0.0561. The van der Waals surface area contributed by atoms with Gasteiger partial charge in [-0.15, -0.1) is 0 Å². The second-order valence-electron chi connectivity index (χ2n) is 34.4. The molecule has 0 spiro atoms. The molecule has 0 atom stereocenters. The van der Waals surface area contributed by atoms with Crippen LogP contribution in [-0.2, 0) is 0 Å². The summed E-state index contributed by atoms with van der Waals surface area (Å²) in [5.41, 5.74) is 32.4. The maximum atomic E-state index is 14.7. The Hall–Kier alpha value is -18.2. The number of nitrogens with zero attached hydrogens (tertiary/aromatic N) is 6. The van der Waals surface area contributed by atoms with Crippen LogP contribution in [0.15, 0.2) is 488 Å². The third-order valence-corrected chi connectivity index (χ3v) is 26.9. The van der Waals surface area contributed by atoms with Crippen LogP contribution < -0.4 is 16.7 Å². The number of pyridine rings is 3. The molecule has 27 aromatic rings. The Morgan fingerprint density at radius 1 is 0.156 bits per heavy atom. The molecule has 0 N–H and O–H groups in total. The molecule has 0 saturated heterocycles. The topological polar surface area (TPSA) is 103 Å². The van der Waals surface area contributed by atoms with Crippen LogP contribution >= 0.6 is 0 Å². The maximum absolute atomic E-state index is 14.7. The van der Waals surface area contributed by atoms with Gasteiger partial charge in [0.05, 0.1) is 33.1 Å². The molecule has 0 fully saturated rings. The zero-order valence-electron chi connectivity index (χ0n) is 72.9. The van der Waals surface area contributed by atoms with Gasteiger partial charge in [0.1, 0.15) is 16.9 Å². The standard InChI is InChI=1S/3C42H26N2O/c45-42-34-23-13-22-32-31(27-14-5-1-6-15-27)24-25-33(39(32)34)41-43-36-26-35(28-16-7-2-8-17-28)37(29-18-9-3-10-19-29)38(40(36)44(41)42)30-20-11-4-12-21-30;45-42-34-23-13-22-32-31(27-14-5-1-6-15-27)24-25-33(38(32)34)41-43-39-37(30-20-11-4-12-21-30)35(28-16-7-2-8-17-28)26-36(40(39)44(41)42)29-18-9-3-10-19-29;45-42-34-25-24-31(27-14-5-1-6-15-27)32-22-13-23-33(38(32)34)41-43-39-37(30-20-11-4-12-21-30)35(28-16-7-2-8-17-28)26-36(40(39)44(41)42)29-18-9-3-10-19-29/h3*1-26H. The molecule has 0 aliphatic rings. The molecule has 6 aromatic heterocycles. The van der Waals surface area contributed by atoms with E-state index in [-0.39, 0.29) is 16.7 Å². The fourth-order valence-electron chi connectivity index (χ4n) is 21.0. The fraction of sp³-hybridized carbons (Fsp3) is 0. The van der Waals surface area contributed by atoms with E-state index < -0.39 is 0 Å². The highest BCUT2D eigenvalue weighted by atomic mass is 16.1. The third-order valence-electron chi connectivity index (χ3n) is 26.9. The summed E-state index contributed by atoms with van der Waals surface area (Å²) < 4.78 is 5.58. The summed E-state index contributed by atoms with van der Waals surface area (Å²) in [4.78, 5) is 60.3. The predicted octanol–water partition coefficient (Wildman–Crippen LogP) is 30.8. The number of rotatable bonds is 12. The molecule has 0 saturated carbocycles. The van der Waals surface area contributed by atoms with Gasteiger partial charge in [-0.1, -0.05) is 425 Å². The van der Waals surface area contributed by atoms with Crippen LogP contribution in [-0.4, -0.2) is 28.2 Å². The molecule has 9 nitrogen and oxygen atoms in total. The first-order valence-corrected chi connectivity index (χ1v) is 45.6. The van der Waals surface area contributed by atoms with Crippen molar-refractivity contribution in [2.24, 2.45) is 0 Å². The molecular formula is C126H78N6O3. The van der Waals surface area contributed by atoms with Gasteiger partial charge in [0.25, 0.3) is 16.7 Å². The summed E-state index contributed by atoms with van der Waals surface area (Å²) in [5.74, 6) is 0. The average molecular weight is 1720 g/mol. The molecule has 9 heteroatoms. The molecule has 0 radical (unpaired) electrons. The van der Waals surface area contributed by atoms with Crippen molar-refractivity contribution >= 4 is 115 Å². The third kappa shape index (κ3) is 13.1. The zero-order valence-corrected chi connectivity index (χ0v) is 72.9. The quantitative estimate of drug-likeness (QED) is 0.121. The average Bonchev–Trinajstić information content (AvgIpc) is 1.55. The molecule has 0 amide bonds. The van der Waals surface area contributed by atoms with E-state index in [1.165, 1.54) is 0 Å². The van der Waals surface area contributed by atoms with Gasteiger partial charge in [0.2, 0.25) is 0 Å². The maximum Gasteiger partial charge on any atom is 0.264 e. The van der Waals surface area contributed by atoms with E-state index in [2.05, 4.69) is 346 Å². The van der Waals surface area contributed by atoms with Crippen LogP contribution in [0.5, 0.6) is 0 Å². The van der Waals surface area contributed by atoms with Crippen LogP contribution in [0.3, 0.4) is 0 Å². The highest BCUT2D eigenvalue weighted by molar-refractivity contribution is 6.25. The molecule has 135 heavy (non-hydrogen) atoms. The Bertz CT molecular complexity index is 9060. The van der Waals surface area contributed by atoms with Gasteiger partial charge in [-0.25, -0.2) is 15.0 Å². The van der Waals surface area contributed by atoms with E-state index in [1.807, 2.05) is 141 Å². The highest BCUT2D eigenvalue weighted by Crippen LogP contribution is 2.51. The number of aromatic nitrogens is 6. The molecule has 0 bridgehead atoms. The predicted molar refractivity (Wildman–Crippen MR) is 561 cm³/mol. The second kappa shape index (κ2) is 32.8. The van der Waals surface area contributed by atoms with E-state index >= 15 is 0 Å². The van der Waals surface area contributed by atoms with E-state index in [4.69, 9.17) is 15.0 Å². The molecule has 630 valence electrons. The highest BCUT2D eigenvalue weighted by Gasteiger charge is 2.31. The SMILES string of the molecule is O=c1c2ccc(-c3ccccc3)c3cccc(c32)c2nc3c(-c4ccccc4)c(-c4ccccc4)cc(-c4ccccc4)c3n12.O=c1c2cccc3c(-c4ccccc4)ccc(c32)c2nc3c(-c4ccccc4)c(-c4ccccc4)cc(-c4ccccc4)c3n12.O=c1c2cccc3c(-c4ccccc4)ccc(c32)c2nc3cc(-c4ccccc4)c(-c4ccccc4)c(-c4ccccc4)c3n12. The summed E-state index contributed by atoms with van der Waals surface area (Å²) in [5, 5.41) is 11.0. The first-order valence-electron chi connectivity index (χ1n) is 45.6. The van der Waals surface area contributed by atoms with Crippen molar-refractivity contribution in [1.29, 1.82) is 0 Å². The molecule has 6 heterocycles. The Balaban J connectivity index is 0.000000108. The summed E-state index contributed by atoms with van der Waals surface area (Å²) in [6.07, 6.45) is 0. The largest absolute Gasteiger partial charge is 0.268 e. The lowest BCUT2D eigenvalue weighted by Crippen LogP contribution is -2.14. The first-order chi connectivity index (χ1) is 66.8. The van der Waals surface area contributed by atoms with Gasteiger partial charge in [0.15, 0.2) is 0 Å². The van der Waals surface area contributed by atoms with E-state index in [0.29, 0.717) is 33.1 Å². The normalized spacial score (nSPS) is 11.6. The first kappa shape index (κ1) is 79.0. The molecule has 0 unspecified atom stereocenters. The van der Waals surface area contributed by atoms with Crippen LogP contribution in [0.1, 0.15) is 0 Å². The summed E-state index contributed by atoms with van der Waals surface area (Å²) in [6.45, 7) is 0. The minimum Gasteiger partial charge on any atom is -0.268 e. The van der Waals surface area contributed by atoms with Crippen molar-refractivity contribution in [3.63, 3.8) is 0 Å². The van der Waals surface area contributed by atoms with Crippen molar-refractivity contribution in [3.8, 4) is 134 Å². The number of hydrogen-bond donors (Lipinski definition) is 0. The lowest BCUT2D eigenvalue weighted by molar-refractivity contribution is 1.19. The van der Waals surface area contributed by atoms with Crippen LogP contribution in [0, 0.1) is 0 Å². The van der Waals surface area contributed by atoms with Gasteiger partial charge in [-0.3, -0.25) is 27.6 Å². The Labute approximate surface area is 775 Å². The number of hydrogen-bond acceptors (Lipinski definition) is 6. The van der Waals surface area contributed by atoms with E-state index in [1.54, 1.807) is 0 Å². The summed E-state index contributed by atoms with van der Waals surface area (Å²) in [6, 6.07) is 163. The summed E-state index contributed by atoms with van der Waals surface area (Å²) in [7, 11) is 0. The minimum absolute atomic E-state index is 0.0561. The van der Waals surface area contributed by atoms with E-state index in [9.17, 15) is 14.4 Å². The molecule has 27 rings (SSSR count). The Morgan fingerprint density at radius 2 is 0.378 bits per heavy atom. The van der Waals surface area contributed by atoms with E-state index in [0.717, 1.165) is 215 Å². The molecular weight excluding hydrogens is 1650 g/mol. The van der Waals surface area contributed by atoms with Crippen molar-refractivity contribution in [1.82, 2.24) is 28.2 Å². The van der Waals surface area contributed by atoms with Crippen LogP contribution in [0.4, 0.5) is 0 Å². The summed E-state index contributed by atoms with van der Waals surface area (Å²) >= 11 is 0. The number of imidazole rings is 3. The Morgan fingerprint density at radius 3 is 0.696 bits per heavy atom. The van der Waals surface area contributed by atoms with Gasteiger partial charge in [-0.05, 0) is 170 Å². The smallest absolute Gasteiger partial charge is 0.264 e. The van der Waals surface area contributed by atoms with Crippen LogP contribution in [0.2, 0.25) is 0 Å². The second-order valence-corrected chi connectivity index (χ2v) is 34.4. The molecule has 0 aliphatic heterocycles. The lowest BCUT2D eigenvalue weighted by Gasteiger charge is -2.18. The van der Waals surface area contributed by atoms with Crippen molar-refractivity contribution < 1.29 is 0 Å². The lowest BCUT2D eigenvalue weighted by atomic mass is 9.86. The van der Waals surface area contributed by atoms with Gasteiger partial charge in [-0.2, -0.15) is 0 Å². The molecule has 21 aromatic carbocycles. The zero-order chi connectivity index (χ0) is 89.7. The number of benzene rings is 21. The van der Waals surface area contributed by atoms with Gasteiger partial charge in [0, 0.05) is 76.3 Å². The number of fused-ring (bicyclic) bond motifs is 12. The molecule has 0 aliphatic carbocycles. The monoisotopic (exact) mass is 1720 g/mol. The van der Waals surface area contributed by atoms with Crippen molar-refractivity contribution in [2.45, 2.75) is 0 Å². The fourth-order valence-corrected chi connectivity index (χ4v) is 21.0.